The lowest BCUT2D eigenvalue weighted by Crippen LogP contribution is -2.13. The van der Waals surface area contributed by atoms with Crippen molar-refractivity contribution in [1.82, 2.24) is 9.78 Å². The Hall–Kier alpha value is -3.56. The zero-order chi connectivity index (χ0) is 25.6. The van der Waals surface area contributed by atoms with Crippen molar-refractivity contribution < 1.29 is 14.3 Å². The first-order chi connectivity index (χ1) is 16.7. The van der Waals surface area contributed by atoms with Crippen LogP contribution in [0.2, 0.25) is 5.02 Å². The third kappa shape index (κ3) is 6.32. The van der Waals surface area contributed by atoms with Crippen molar-refractivity contribution in [3.8, 4) is 6.07 Å². The van der Waals surface area contributed by atoms with Crippen LogP contribution < -0.4 is 0 Å². The van der Waals surface area contributed by atoms with E-state index in [4.69, 9.17) is 21.1 Å². The summed E-state index contributed by atoms with van der Waals surface area (Å²) in [6.07, 6.45) is 0.120. The van der Waals surface area contributed by atoms with Gasteiger partial charge in [0.25, 0.3) is 0 Å². The molecule has 0 aliphatic heterocycles. The largest absolute Gasteiger partial charge is 0.454 e. The Bertz CT molecular complexity index is 1250. The number of nitrogens with zero attached hydrogens (tertiary/aromatic N) is 3. The van der Waals surface area contributed by atoms with Gasteiger partial charge in [-0.15, -0.1) is 0 Å². The number of benzene rings is 2. The number of allylic oxidation sites excluding steroid dienone is 1. The van der Waals surface area contributed by atoms with Crippen LogP contribution >= 0.6 is 11.6 Å². The zero-order valence-corrected chi connectivity index (χ0v) is 21.5. The molecule has 0 N–H and O–H groups in total. The molecular formula is C28H30ClN3O3. The Labute approximate surface area is 211 Å². The second-order valence-electron chi connectivity index (χ2n) is 9.15. The average Bonchev–Trinajstić information content (AvgIpc) is 3.12. The molecule has 0 atom stereocenters. The predicted molar refractivity (Wildman–Crippen MR) is 137 cm³/mol. The molecular weight excluding hydrogens is 462 g/mol. The summed E-state index contributed by atoms with van der Waals surface area (Å²) in [5.74, 6) is -0.217. The smallest absolute Gasteiger partial charge is 0.313 e. The molecule has 3 rings (SSSR count). The van der Waals surface area contributed by atoms with E-state index in [1.54, 1.807) is 11.6 Å². The molecule has 0 fully saturated rings. The van der Waals surface area contributed by atoms with E-state index in [1.165, 1.54) is 0 Å². The van der Waals surface area contributed by atoms with Crippen LogP contribution in [-0.2, 0) is 32.6 Å². The fourth-order valence-electron chi connectivity index (χ4n) is 3.62. The highest BCUT2D eigenvalue weighted by Crippen LogP contribution is 2.34. The monoisotopic (exact) mass is 491 g/mol. The van der Waals surface area contributed by atoms with E-state index in [0.29, 0.717) is 28.5 Å². The van der Waals surface area contributed by atoms with Crippen LogP contribution in [0.25, 0.3) is 11.3 Å². The van der Waals surface area contributed by atoms with Crippen LogP contribution in [0.15, 0.2) is 54.6 Å². The Balaban J connectivity index is 1.96. The molecule has 1 aromatic heterocycles. The maximum Gasteiger partial charge on any atom is 0.313 e. The minimum atomic E-state index is -0.435. The quantitative estimate of drug-likeness (QED) is 0.159. The van der Waals surface area contributed by atoms with E-state index >= 15 is 0 Å². The maximum atomic E-state index is 12.3. The number of carbonyl (C=O) groups excluding carboxylic acids is 1. The average molecular weight is 492 g/mol. The van der Waals surface area contributed by atoms with Crippen molar-refractivity contribution in [2.24, 2.45) is 0 Å². The summed E-state index contributed by atoms with van der Waals surface area (Å²) in [4.78, 5) is 12.3. The Morgan fingerprint density at radius 3 is 2.31 bits per heavy atom. The second kappa shape index (κ2) is 11.2. The predicted octanol–water partition coefficient (Wildman–Crippen LogP) is 6.31. The second-order valence-corrected chi connectivity index (χ2v) is 9.53. The van der Waals surface area contributed by atoms with E-state index in [2.05, 4.69) is 31.9 Å². The number of carbonyl (C=O) groups is 1. The first-order valence-corrected chi connectivity index (χ1v) is 11.8. The third-order valence-electron chi connectivity index (χ3n) is 5.56. The van der Waals surface area contributed by atoms with Gasteiger partial charge in [-0.2, -0.15) is 10.4 Å². The molecule has 0 unspecified atom stereocenters. The van der Waals surface area contributed by atoms with Gasteiger partial charge < -0.3 is 9.47 Å². The maximum absolute atomic E-state index is 12.3. The molecule has 182 valence electrons. The van der Waals surface area contributed by atoms with Crippen LogP contribution in [0.1, 0.15) is 55.8 Å². The Kier molecular flexibility index (Phi) is 8.37. The molecule has 0 bridgehead atoms. The summed E-state index contributed by atoms with van der Waals surface area (Å²) in [6, 6.07) is 19.3. The van der Waals surface area contributed by atoms with Crippen molar-refractivity contribution in [1.29, 1.82) is 5.26 Å². The number of nitriles is 1. The van der Waals surface area contributed by atoms with Crippen LogP contribution in [0.5, 0.6) is 0 Å². The van der Waals surface area contributed by atoms with Crippen LogP contribution in [0.3, 0.4) is 0 Å². The molecule has 0 saturated heterocycles. The van der Waals surface area contributed by atoms with Gasteiger partial charge >= 0.3 is 5.97 Å². The Morgan fingerprint density at radius 2 is 1.74 bits per heavy atom. The highest BCUT2D eigenvalue weighted by Gasteiger charge is 2.24. The van der Waals surface area contributed by atoms with Crippen molar-refractivity contribution in [2.75, 3.05) is 6.79 Å². The summed E-state index contributed by atoms with van der Waals surface area (Å²) in [5.41, 5.74) is 4.00. The molecule has 3 aromatic rings. The minimum absolute atomic E-state index is 0.0252. The fourth-order valence-corrected chi connectivity index (χ4v) is 3.84. The van der Waals surface area contributed by atoms with Gasteiger partial charge in [-0.3, -0.25) is 9.48 Å². The van der Waals surface area contributed by atoms with E-state index in [1.807, 2.05) is 61.5 Å². The molecule has 0 aliphatic carbocycles. The third-order valence-corrected chi connectivity index (χ3v) is 6.01. The number of ether oxygens (including phenoxy) is 2. The minimum Gasteiger partial charge on any atom is -0.454 e. The lowest BCUT2D eigenvalue weighted by Gasteiger charge is -2.19. The molecule has 6 nitrogen and oxygen atoms in total. The van der Waals surface area contributed by atoms with Crippen molar-refractivity contribution in [3.05, 3.63) is 87.7 Å². The van der Waals surface area contributed by atoms with Crippen LogP contribution in [0.4, 0.5) is 0 Å². The van der Waals surface area contributed by atoms with Crippen molar-refractivity contribution in [2.45, 2.75) is 53.0 Å². The van der Waals surface area contributed by atoms with Crippen molar-refractivity contribution >= 4 is 28.9 Å². The molecule has 0 amide bonds. The molecule has 0 saturated carbocycles. The molecule has 0 spiro atoms. The normalized spacial score (nSPS) is 12.0. The summed E-state index contributed by atoms with van der Waals surface area (Å²) in [5, 5.41) is 15.0. The van der Waals surface area contributed by atoms with Gasteiger partial charge in [-0.25, -0.2) is 0 Å². The number of rotatable bonds is 8. The number of esters is 1. The van der Waals surface area contributed by atoms with Gasteiger partial charge in [-0.1, -0.05) is 87.0 Å². The zero-order valence-electron chi connectivity index (χ0n) is 20.8. The fraction of sp³-hybridized carbons (Fsp3) is 0.321. The highest BCUT2D eigenvalue weighted by molar-refractivity contribution is 6.33. The number of hydrogen-bond donors (Lipinski definition) is 0. The molecule has 0 aliphatic rings. The SMILES string of the molecule is CCn1nc(C)c(Cl)c1/C(OCOC(=O)Cc1ccccc1)=C(\C#N)c1ccc(C(C)(C)C)cc1. The summed E-state index contributed by atoms with van der Waals surface area (Å²) >= 11 is 6.60. The van der Waals surface area contributed by atoms with Gasteiger partial charge in [0, 0.05) is 6.54 Å². The molecule has 2 aromatic carbocycles. The van der Waals surface area contributed by atoms with E-state index in [-0.39, 0.29) is 30.0 Å². The molecule has 0 radical (unpaired) electrons. The van der Waals surface area contributed by atoms with Gasteiger partial charge in [0.1, 0.15) is 17.3 Å². The summed E-state index contributed by atoms with van der Waals surface area (Å²) in [6.45, 7) is 10.3. The molecule has 7 heteroatoms. The summed E-state index contributed by atoms with van der Waals surface area (Å²) < 4.78 is 13.0. The van der Waals surface area contributed by atoms with E-state index < -0.39 is 5.97 Å². The van der Waals surface area contributed by atoms with Gasteiger partial charge in [-0.05, 0) is 36.0 Å². The van der Waals surface area contributed by atoms with Crippen LogP contribution in [0, 0.1) is 18.3 Å². The first kappa shape index (κ1) is 26.1. The van der Waals surface area contributed by atoms with Gasteiger partial charge in [0.2, 0.25) is 6.79 Å². The van der Waals surface area contributed by atoms with Gasteiger partial charge in [0.15, 0.2) is 5.76 Å². The Morgan fingerprint density at radius 1 is 1.09 bits per heavy atom. The first-order valence-electron chi connectivity index (χ1n) is 11.5. The number of aromatic nitrogens is 2. The lowest BCUT2D eigenvalue weighted by atomic mass is 9.86. The lowest BCUT2D eigenvalue weighted by molar-refractivity contribution is -0.150. The number of hydrogen-bond acceptors (Lipinski definition) is 5. The van der Waals surface area contributed by atoms with Crippen molar-refractivity contribution in [3.63, 3.8) is 0 Å². The molecule has 1 heterocycles. The number of halogens is 1. The van der Waals surface area contributed by atoms with Gasteiger partial charge in [0.05, 0.1) is 17.1 Å². The number of aryl methyl sites for hydroxylation is 2. The van der Waals surface area contributed by atoms with E-state index in [0.717, 1.165) is 11.1 Å². The van der Waals surface area contributed by atoms with E-state index in [9.17, 15) is 10.1 Å². The summed E-state index contributed by atoms with van der Waals surface area (Å²) in [7, 11) is 0. The molecule has 35 heavy (non-hydrogen) atoms. The standard InChI is InChI=1S/C28H30ClN3O3/c1-6-32-26(25(29)19(2)31-32)27(35-18-34-24(33)16-20-10-8-7-9-11-20)23(17-30)21-12-14-22(15-13-21)28(3,4)5/h7-15H,6,16,18H2,1-5H3/b27-23-. The van der Waals surface area contributed by atoms with Crippen LogP contribution in [-0.4, -0.2) is 22.5 Å². The topological polar surface area (TPSA) is 77.1 Å². The highest BCUT2D eigenvalue weighted by atomic mass is 35.5.